The third kappa shape index (κ3) is 1.92. The second kappa shape index (κ2) is 3.54. The van der Waals surface area contributed by atoms with E-state index in [-0.39, 0.29) is 11.8 Å². The fourth-order valence-corrected chi connectivity index (χ4v) is 2.56. The van der Waals surface area contributed by atoms with Gasteiger partial charge in [-0.2, -0.15) is 0 Å². The molecule has 0 aromatic rings. The van der Waals surface area contributed by atoms with Gasteiger partial charge in [0.15, 0.2) is 0 Å². The zero-order chi connectivity index (χ0) is 10.2. The van der Waals surface area contributed by atoms with Gasteiger partial charge in [0, 0.05) is 19.0 Å². The number of aliphatic hydroxyl groups is 1. The second-order valence-electron chi connectivity index (χ2n) is 4.99. The van der Waals surface area contributed by atoms with Crippen LogP contribution in [-0.4, -0.2) is 34.6 Å². The van der Waals surface area contributed by atoms with Crippen LogP contribution in [0.5, 0.6) is 0 Å². The molecule has 1 unspecified atom stereocenters. The molecule has 1 amide bonds. The van der Waals surface area contributed by atoms with Crippen LogP contribution in [0.3, 0.4) is 0 Å². The van der Waals surface area contributed by atoms with Crippen LogP contribution in [0.15, 0.2) is 0 Å². The Morgan fingerprint density at radius 1 is 1.43 bits per heavy atom. The Kier molecular flexibility index (Phi) is 2.52. The number of likely N-dealkylation sites (tertiary alicyclic amines) is 1. The van der Waals surface area contributed by atoms with E-state index in [0.717, 1.165) is 25.8 Å². The Labute approximate surface area is 85.1 Å². The molecular formula is C11H19NO2. The molecule has 14 heavy (non-hydrogen) atoms. The summed E-state index contributed by atoms with van der Waals surface area (Å²) in [5.41, 5.74) is -0.645. The van der Waals surface area contributed by atoms with E-state index in [1.54, 1.807) is 0 Å². The zero-order valence-electron chi connectivity index (χ0n) is 8.83. The van der Waals surface area contributed by atoms with Crippen molar-refractivity contribution in [1.82, 2.24) is 4.90 Å². The molecule has 1 heterocycles. The van der Waals surface area contributed by atoms with Gasteiger partial charge in [-0.1, -0.05) is 12.8 Å². The van der Waals surface area contributed by atoms with Gasteiger partial charge in [-0.3, -0.25) is 4.79 Å². The lowest BCUT2D eigenvalue weighted by Gasteiger charge is -2.21. The van der Waals surface area contributed by atoms with Crippen LogP contribution in [0.4, 0.5) is 0 Å². The van der Waals surface area contributed by atoms with Crippen LogP contribution in [0.1, 0.15) is 39.0 Å². The maximum atomic E-state index is 12.0. The van der Waals surface area contributed by atoms with Crippen molar-refractivity contribution in [3.63, 3.8) is 0 Å². The molecular weight excluding hydrogens is 178 g/mol. The van der Waals surface area contributed by atoms with Crippen LogP contribution in [0.25, 0.3) is 0 Å². The summed E-state index contributed by atoms with van der Waals surface area (Å²) in [6, 6.07) is 0. The molecule has 1 aliphatic carbocycles. The Balaban J connectivity index is 1.92. The Bertz CT molecular complexity index is 231. The van der Waals surface area contributed by atoms with Gasteiger partial charge >= 0.3 is 0 Å². The van der Waals surface area contributed by atoms with Gasteiger partial charge in [-0.25, -0.2) is 0 Å². The highest BCUT2D eigenvalue weighted by atomic mass is 16.3. The van der Waals surface area contributed by atoms with Gasteiger partial charge in [0.2, 0.25) is 5.91 Å². The van der Waals surface area contributed by atoms with Crippen LogP contribution in [-0.2, 0) is 4.79 Å². The number of amides is 1. The maximum absolute atomic E-state index is 12.0. The molecule has 1 atom stereocenters. The molecule has 0 bridgehead atoms. The predicted octanol–water partition coefficient (Wildman–Crippen LogP) is 1.16. The van der Waals surface area contributed by atoms with Crippen molar-refractivity contribution in [2.75, 3.05) is 13.1 Å². The fraction of sp³-hybridized carbons (Fsp3) is 0.909. The van der Waals surface area contributed by atoms with Gasteiger partial charge < -0.3 is 10.0 Å². The highest BCUT2D eigenvalue weighted by Gasteiger charge is 2.36. The van der Waals surface area contributed by atoms with Crippen molar-refractivity contribution in [1.29, 1.82) is 0 Å². The van der Waals surface area contributed by atoms with Crippen molar-refractivity contribution in [2.24, 2.45) is 5.92 Å². The first-order valence-corrected chi connectivity index (χ1v) is 5.60. The van der Waals surface area contributed by atoms with Gasteiger partial charge in [0.25, 0.3) is 0 Å². The van der Waals surface area contributed by atoms with Crippen molar-refractivity contribution >= 4 is 5.91 Å². The first-order valence-electron chi connectivity index (χ1n) is 5.60. The lowest BCUT2D eigenvalue weighted by molar-refractivity contribution is -0.135. The SMILES string of the molecule is CC1(O)CCN(C(=O)C2CCCC2)C1. The van der Waals surface area contributed by atoms with Crippen molar-refractivity contribution in [3.05, 3.63) is 0 Å². The number of nitrogens with zero attached hydrogens (tertiary/aromatic N) is 1. The zero-order valence-corrected chi connectivity index (χ0v) is 8.83. The molecule has 1 aliphatic heterocycles. The molecule has 2 fully saturated rings. The molecule has 3 heteroatoms. The van der Waals surface area contributed by atoms with E-state index in [1.807, 2.05) is 11.8 Å². The third-order valence-electron chi connectivity index (χ3n) is 3.47. The number of hydrogen-bond acceptors (Lipinski definition) is 2. The fourth-order valence-electron chi connectivity index (χ4n) is 2.56. The van der Waals surface area contributed by atoms with Gasteiger partial charge in [-0.15, -0.1) is 0 Å². The normalized spacial score (nSPS) is 34.0. The second-order valence-corrected chi connectivity index (χ2v) is 4.99. The molecule has 2 rings (SSSR count). The van der Waals surface area contributed by atoms with E-state index in [1.165, 1.54) is 12.8 Å². The minimum Gasteiger partial charge on any atom is -0.388 e. The number of β-amino-alcohol motifs (C(OH)–C–C–N with tert-alkyl or cyclic N) is 1. The van der Waals surface area contributed by atoms with Crippen molar-refractivity contribution in [3.8, 4) is 0 Å². The molecule has 0 radical (unpaired) electrons. The van der Waals surface area contributed by atoms with E-state index in [0.29, 0.717) is 6.54 Å². The summed E-state index contributed by atoms with van der Waals surface area (Å²) in [6.45, 7) is 3.08. The van der Waals surface area contributed by atoms with Crippen LogP contribution in [0.2, 0.25) is 0 Å². The number of carbonyl (C=O) groups is 1. The van der Waals surface area contributed by atoms with E-state index in [9.17, 15) is 9.90 Å². The first kappa shape index (κ1) is 9.97. The molecule has 1 N–H and O–H groups in total. The monoisotopic (exact) mass is 197 g/mol. The van der Waals surface area contributed by atoms with Gasteiger partial charge in [0.05, 0.1) is 5.60 Å². The van der Waals surface area contributed by atoms with Gasteiger partial charge in [-0.05, 0) is 26.2 Å². The molecule has 0 aromatic carbocycles. The van der Waals surface area contributed by atoms with Crippen molar-refractivity contribution in [2.45, 2.75) is 44.6 Å². The average Bonchev–Trinajstić information content (AvgIpc) is 2.72. The van der Waals surface area contributed by atoms with Crippen molar-refractivity contribution < 1.29 is 9.90 Å². The average molecular weight is 197 g/mol. The van der Waals surface area contributed by atoms with E-state index >= 15 is 0 Å². The summed E-state index contributed by atoms with van der Waals surface area (Å²) in [5.74, 6) is 0.532. The highest BCUT2D eigenvalue weighted by molar-refractivity contribution is 5.79. The van der Waals surface area contributed by atoms with E-state index < -0.39 is 5.60 Å². The summed E-state index contributed by atoms with van der Waals surface area (Å²) in [5, 5.41) is 9.76. The number of rotatable bonds is 1. The van der Waals surface area contributed by atoms with Crippen LogP contribution in [0, 0.1) is 5.92 Å². The largest absolute Gasteiger partial charge is 0.388 e. The molecule has 0 spiro atoms. The maximum Gasteiger partial charge on any atom is 0.225 e. The molecule has 3 nitrogen and oxygen atoms in total. The molecule has 2 aliphatic rings. The lowest BCUT2D eigenvalue weighted by atomic mass is 10.1. The standard InChI is InChI=1S/C11H19NO2/c1-11(14)6-7-12(8-11)10(13)9-4-2-3-5-9/h9,14H,2-8H2,1H3. The van der Waals surface area contributed by atoms with Crippen LogP contribution >= 0.6 is 0 Å². The predicted molar refractivity (Wildman–Crippen MR) is 53.8 cm³/mol. The smallest absolute Gasteiger partial charge is 0.225 e. The van der Waals surface area contributed by atoms with E-state index in [4.69, 9.17) is 0 Å². The summed E-state index contributed by atoms with van der Waals surface area (Å²) in [4.78, 5) is 13.8. The topological polar surface area (TPSA) is 40.5 Å². The Morgan fingerprint density at radius 3 is 2.57 bits per heavy atom. The molecule has 1 saturated heterocycles. The minimum atomic E-state index is -0.645. The molecule has 1 saturated carbocycles. The summed E-state index contributed by atoms with van der Waals surface area (Å²) in [7, 11) is 0. The third-order valence-corrected chi connectivity index (χ3v) is 3.47. The number of hydrogen-bond donors (Lipinski definition) is 1. The quantitative estimate of drug-likeness (QED) is 0.685. The highest BCUT2D eigenvalue weighted by Crippen LogP contribution is 2.29. The number of carbonyl (C=O) groups excluding carboxylic acids is 1. The summed E-state index contributed by atoms with van der Waals surface area (Å²) < 4.78 is 0. The van der Waals surface area contributed by atoms with Gasteiger partial charge in [0.1, 0.15) is 0 Å². The Hall–Kier alpha value is -0.570. The minimum absolute atomic E-state index is 0.254. The molecule has 80 valence electrons. The lowest BCUT2D eigenvalue weighted by Crippen LogP contribution is -2.36. The summed E-state index contributed by atoms with van der Waals surface area (Å²) >= 11 is 0. The Morgan fingerprint density at radius 2 is 2.07 bits per heavy atom. The first-order chi connectivity index (χ1) is 6.58. The summed E-state index contributed by atoms with van der Waals surface area (Å²) in [6.07, 6.45) is 5.22. The van der Waals surface area contributed by atoms with E-state index in [2.05, 4.69) is 0 Å². The van der Waals surface area contributed by atoms with Crippen LogP contribution < -0.4 is 0 Å². The molecule has 0 aromatic heterocycles.